The Bertz CT molecular complexity index is 1710. The summed E-state index contributed by atoms with van der Waals surface area (Å²) in [6.07, 6.45) is -5.84. The minimum Gasteiger partial charge on any atom is -0.444 e. The lowest BCUT2D eigenvalue weighted by Crippen LogP contribution is -2.28. The molecule has 0 saturated heterocycles. The Morgan fingerprint density at radius 1 is 0.913 bits per heavy atom. The molecule has 1 aliphatic carbocycles. The van der Waals surface area contributed by atoms with Crippen LogP contribution in [0.25, 0.3) is 0 Å². The summed E-state index contributed by atoms with van der Waals surface area (Å²) in [6, 6.07) is 8.91. The molecule has 0 aliphatic heterocycles. The second-order valence-corrected chi connectivity index (χ2v) is 13.5. The van der Waals surface area contributed by atoms with Crippen molar-refractivity contribution in [1.82, 2.24) is 0 Å². The molecule has 3 aromatic rings. The molecular weight excluding hydrogens is 703 g/mol. The number of hydrogen-bond acceptors (Lipinski definition) is 5. The minimum atomic E-state index is -4.75. The van der Waals surface area contributed by atoms with Crippen LogP contribution in [0.15, 0.2) is 48.5 Å². The molecule has 16 heteroatoms. The third-order valence-corrected chi connectivity index (χ3v) is 8.28. The van der Waals surface area contributed by atoms with Gasteiger partial charge in [0.15, 0.2) is 11.6 Å². The summed E-state index contributed by atoms with van der Waals surface area (Å²) in [4.78, 5) is 38.1. The Morgan fingerprint density at radius 3 is 2.20 bits per heavy atom. The van der Waals surface area contributed by atoms with Gasteiger partial charge in [-0.25, -0.2) is 13.6 Å². The molecule has 0 aromatic heterocycles. The molecule has 3 N–H and O–H groups in total. The van der Waals surface area contributed by atoms with Crippen molar-refractivity contribution in [3.05, 3.63) is 86.9 Å². The van der Waals surface area contributed by atoms with E-state index in [1.54, 1.807) is 20.8 Å². The number of halogens is 9. The average Bonchev–Trinajstić information content (AvgIpc) is 3.51. The van der Waals surface area contributed by atoms with Gasteiger partial charge in [0, 0.05) is 17.2 Å². The van der Waals surface area contributed by atoms with Gasteiger partial charge in [-0.05, 0) is 68.8 Å². The number of anilines is 3. The molecule has 0 heterocycles. The topological polar surface area (TPSA) is 96.5 Å². The van der Waals surface area contributed by atoms with Gasteiger partial charge in [-0.1, -0.05) is 29.3 Å². The van der Waals surface area contributed by atoms with E-state index in [2.05, 4.69) is 10.6 Å². The maximum Gasteiger partial charge on any atom is 0.417 e. The van der Waals surface area contributed by atoms with Crippen LogP contribution in [0.1, 0.15) is 48.2 Å². The van der Waals surface area contributed by atoms with Gasteiger partial charge in [-0.2, -0.15) is 13.2 Å². The lowest BCUT2D eigenvalue weighted by Gasteiger charge is -2.20. The van der Waals surface area contributed by atoms with Gasteiger partial charge in [0.05, 0.1) is 33.8 Å². The second kappa shape index (κ2) is 13.1. The first-order valence-electron chi connectivity index (χ1n) is 13.3. The lowest BCUT2D eigenvalue weighted by molar-refractivity contribution is -0.137. The quantitative estimate of drug-likeness (QED) is 0.122. The summed E-state index contributed by atoms with van der Waals surface area (Å²) in [5.74, 6) is -5.83. The summed E-state index contributed by atoms with van der Waals surface area (Å²) in [6.45, 7) is 4.16. The zero-order valence-corrected chi connectivity index (χ0v) is 27.0. The van der Waals surface area contributed by atoms with Gasteiger partial charge in [-0.15, -0.1) is 23.2 Å². The second-order valence-electron chi connectivity index (χ2n) is 11.2. The van der Waals surface area contributed by atoms with Crippen molar-refractivity contribution >= 4 is 81.2 Å². The number of Topliss-reactive ketones (excluding diaryl/α,β-unsaturated/α-hetero) is 1. The van der Waals surface area contributed by atoms with Crippen LogP contribution < -0.4 is 16.0 Å². The molecule has 1 aliphatic rings. The van der Waals surface area contributed by atoms with Crippen molar-refractivity contribution in [3.8, 4) is 0 Å². The smallest absolute Gasteiger partial charge is 0.417 e. The largest absolute Gasteiger partial charge is 0.444 e. The summed E-state index contributed by atoms with van der Waals surface area (Å²) in [5.41, 5.74) is -3.11. The Kier molecular flexibility index (Phi) is 10.1. The summed E-state index contributed by atoms with van der Waals surface area (Å²) in [5, 5.41) is 6.50. The highest BCUT2D eigenvalue weighted by atomic mass is 35.5. The fourth-order valence-corrected chi connectivity index (χ4v) is 5.81. The van der Waals surface area contributed by atoms with Crippen LogP contribution in [0.3, 0.4) is 0 Å². The average molecular weight is 727 g/mol. The molecule has 0 spiro atoms. The van der Waals surface area contributed by atoms with E-state index in [0.29, 0.717) is 0 Å². The first kappa shape index (κ1) is 35.5. The highest BCUT2D eigenvalue weighted by molar-refractivity contribution is 6.53. The van der Waals surface area contributed by atoms with E-state index in [4.69, 9.17) is 51.1 Å². The fourth-order valence-electron chi connectivity index (χ4n) is 4.54. The van der Waals surface area contributed by atoms with E-state index < -0.39 is 80.2 Å². The summed E-state index contributed by atoms with van der Waals surface area (Å²) >= 11 is 24.5. The molecule has 246 valence electrons. The molecule has 2 amide bonds. The van der Waals surface area contributed by atoms with E-state index in [1.165, 1.54) is 24.3 Å². The maximum absolute atomic E-state index is 15.0. The van der Waals surface area contributed by atoms with Crippen molar-refractivity contribution in [2.45, 2.75) is 42.8 Å². The number of hydrogen-bond donors (Lipinski definition) is 3. The number of carbonyl (C=O) groups is 3. The molecule has 0 radical (unpaired) electrons. The van der Waals surface area contributed by atoms with Gasteiger partial charge in [-0.3, -0.25) is 14.9 Å². The van der Waals surface area contributed by atoms with Gasteiger partial charge in [0.1, 0.15) is 21.4 Å². The molecule has 2 atom stereocenters. The standard InChI is InChI=1S/C30H24Cl4F5N3O4/c1-28(2,3)46-27(45)42-25-19(35)8-9-20(24(25)36)40-12-21(43)15-11-14(5-7-17(15)31)41-26(44)23-22(29(23,33)34)13-4-6-18(32)16(10-13)30(37,38)39/h4-11,22-23,40H,12H2,1-3H3,(H,41,44)(H,42,45). The van der Waals surface area contributed by atoms with Gasteiger partial charge >= 0.3 is 12.3 Å². The highest BCUT2D eigenvalue weighted by Gasteiger charge is 2.67. The molecule has 2 unspecified atom stereocenters. The third kappa shape index (κ3) is 7.96. The number of rotatable bonds is 8. The molecule has 7 nitrogen and oxygen atoms in total. The Labute approximate surface area is 279 Å². The Balaban J connectivity index is 1.46. The zero-order valence-electron chi connectivity index (χ0n) is 24.0. The Morgan fingerprint density at radius 2 is 1.57 bits per heavy atom. The Hall–Kier alpha value is -3.32. The fraction of sp³-hybridized carbons (Fsp3) is 0.300. The van der Waals surface area contributed by atoms with Crippen molar-refractivity contribution in [2.75, 3.05) is 22.5 Å². The van der Waals surface area contributed by atoms with Crippen LogP contribution in [-0.4, -0.2) is 34.3 Å². The molecule has 1 saturated carbocycles. The third-order valence-electron chi connectivity index (χ3n) is 6.68. The summed E-state index contributed by atoms with van der Waals surface area (Å²) < 4.78 is 72.7. The number of amides is 2. The highest BCUT2D eigenvalue weighted by Crippen LogP contribution is 2.65. The predicted octanol–water partition coefficient (Wildman–Crippen LogP) is 9.46. The van der Waals surface area contributed by atoms with Crippen LogP contribution >= 0.6 is 46.4 Å². The number of ether oxygens (including phenoxy) is 1. The lowest BCUT2D eigenvalue weighted by atomic mass is 10.0. The van der Waals surface area contributed by atoms with E-state index in [9.17, 15) is 31.9 Å². The SMILES string of the molecule is CC(C)(C)OC(=O)Nc1c(F)ccc(NCC(=O)c2cc(NC(=O)C3C(c4ccc(Cl)c(C(F)(F)F)c4)C3(Cl)Cl)ccc2Cl)c1F. The maximum atomic E-state index is 15.0. The normalized spacial score (nSPS) is 17.2. The van der Waals surface area contributed by atoms with Crippen molar-refractivity contribution in [3.63, 3.8) is 0 Å². The number of benzene rings is 3. The molecular formula is C30H24Cl4F5N3O4. The van der Waals surface area contributed by atoms with Crippen LogP contribution in [0.4, 0.5) is 43.8 Å². The zero-order chi connectivity index (χ0) is 34.4. The van der Waals surface area contributed by atoms with Crippen LogP contribution in [0.2, 0.25) is 10.0 Å². The molecule has 1 fully saturated rings. The van der Waals surface area contributed by atoms with E-state index >= 15 is 4.39 Å². The molecule has 46 heavy (non-hydrogen) atoms. The minimum absolute atomic E-state index is 0.0224. The number of alkyl halides is 5. The van der Waals surface area contributed by atoms with Crippen LogP contribution in [-0.2, 0) is 15.7 Å². The van der Waals surface area contributed by atoms with Gasteiger partial charge in [0.25, 0.3) is 0 Å². The summed E-state index contributed by atoms with van der Waals surface area (Å²) in [7, 11) is 0. The monoisotopic (exact) mass is 725 g/mol. The number of carbonyl (C=O) groups excluding carboxylic acids is 3. The van der Waals surface area contributed by atoms with Crippen molar-refractivity contribution < 1.29 is 41.1 Å². The van der Waals surface area contributed by atoms with E-state index in [0.717, 1.165) is 24.3 Å². The van der Waals surface area contributed by atoms with Crippen LogP contribution in [0, 0.1) is 17.6 Å². The van der Waals surface area contributed by atoms with Gasteiger partial charge in [0.2, 0.25) is 5.91 Å². The van der Waals surface area contributed by atoms with Crippen molar-refractivity contribution in [2.24, 2.45) is 5.92 Å². The number of nitrogens with one attached hydrogen (secondary N) is 3. The molecule has 3 aromatic carbocycles. The first-order chi connectivity index (χ1) is 21.2. The first-order valence-corrected chi connectivity index (χ1v) is 14.8. The molecule has 4 rings (SSSR count). The van der Waals surface area contributed by atoms with E-state index in [-0.39, 0.29) is 27.5 Å². The van der Waals surface area contributed by atoms with Crippen molar-refractivity contribution in [1.29, 1.82) is 0 Å². The number of ketones is 1. The predicted molar refractivity (Wildman–Crippen MR) is 166 cm³/mol. The van der Waals surface area contributed by atoms with E-state index in [1.807, 2.05) is 5.32 Å². The van der Waals surface area contributed by atoms with Gasteiger partial charge < -0.3 is 15.4 Å². The van der Waals surface area contributed by atoms with Crippen LogP contribution in [0.5, 0.6) is 0 Å². The molecule has 0 bridgehead atoms.